The Labute approximate surface area is 143 Å². The van der Waals surface area contributed by atoms with Gasteiger partial charge in [-0.05, 0) is 19.9 Å². The molecule has 1 aliphatic heterocycles. The number of hydrogen-bond acceptors (Lipinski definition) is 4. The van der Waals surface area contributed by atoms with E-state index >= 15 is 0 Å². The highest BCUT2D eigenvalue weighted by molar-refractivity contribution is 7.99. The molecule has 24 heavy (non-hydrogen) atoms. The van der Waals surface area contributed by atoms with Crippen molar-refractivity contribution in [2.75, 3.05) is 11.1 Å². The van der Waals surface area contributed by atoms with Gasteiger partial charge in [-0.3, -0.25) is 9.89 Å². The van der Waals surface area contributed by atoms with Crippen LogP contribution in [0.15, 0.2) is 35.6 Å². The Bertz CT molecular complexity index is 886. The Morgan fingerprint density at radius 2 is 2.17 bits per heavy atom. The van der Waals surface area contributed by atoms with Gasteiger partial charge in [0.1, 0.15) is 0 Å². The van der Waals surface area contributed by atoms with Gasteiger partial charge in [0.15, 0.2) is 5.16 Å². The number of thioether (sulfide) groups is 1. The van der Waals surface area contributed by atoms with Crippen LogP contribution in [-0.2, 0) is 6.54 Å². The number of H-pyrrole nitrogens is 1. The molecule has 2 aromatic heterocycles. The zero-order chi connectivity index (χ0) is 16.7. The fourth-order valence-electron chi connectivity index (χ4n) is 2.93. The number of para-hydroxylation sites is 1. The minimum atomic E-state index is -0.160. The van der Waals surface area contributed by atoms with Gasteiger partial charge in [-0.2, -0.15) is 5.10 Å². The molecule has 1 aliphatic rings. The first-order chi connectivity index (χ1) is 11.6. The van der Waals surface area contributed by atoms with E-state index in [2.05, 4.69) is 31.3 Å². The number of carbonyl (C=O) groups excluding carboxylic acids is 1. The average molecular weight is 339 g/mol. The first-order valence-corrected chi connectivity index (χ1v) is 8.74. The largest absolute Gasteiger partial charge is 0.325 e. The van der Waals surface area contributed by atoms with E-state index in [4.69, 9.17) is 0 Å². The molecule has 7 heteroatoms. The minimum Gasteiger partial charge on any atom is -0.325 e. The van der Waals surface area contributed by atoms with Gasteiger partial charge in [0, 0.05) is 29.8 Å². The zero-order valence-electron chi connectivity index (χ0n) is 13.5. The van der Waals surface area contributed by atoms with Crippen molar-refractivity contribution in [2.45, 2.75) is 25.5 Å². The van der Waals surface area contributed by atoms with E-state index in [0.717, 1.165) is 40.1 Å². The fourth-order valence-corrected chi connectivity index (χ4v) is 3.87. The summed E-state index contributed by atoms with van der Waals surface area (Å²) in [6.07, 6.45) is 2.05. The Balaban J connectivity index is 1.68. The van der Waals surface area contributed by atoms with Crippen molar-refractivity contribution in [3.8, 4) is 11.3 Å². The van der Waals surface area contributed by atoms with Crippen LogP contribution in [0.25, 0.3) is 11.3 Å². The fraction of sp³-hybridized carbons (Fsp3) is 0.235. The molecule has 0 spiro atoms. The summed E-state index contributed by atoms with van der Waals surface area (Å²) in [5.41, 5.74) is 4.61. The Morgan fingerprint density at radius 3 is 2.92 bits per heavy atom. The van der Waals surface area contributed by atoms with Gasteiger partial charge >= 0.3 is 0 Å². The van der Waals surface area contributed by atoms with Gasteiger partial charge in [-0.1, -0.05) is 30.0 Å². The second-order valence-electron chi connectivity index (χ2n) is 5.76. The molecule has 4 rings (SSSR count). The molecule has 0 bridgehead atoms. The third-order valence-corrected chi connectivity index (χ3v) is 5.08. The maximum Gasteiger partial charge on any atom is 0.259 e. The number of aromatic amines is 1. The summed E-state index contributed by atoms with van der Waals surface area (Å²) in [5.74, 6) is 0.910. The van der Waals surface area contributed by atoms with Crippen LogP contribution in [0.4, 0.5) is 5.69 Å². The van der Waals surface area contributed by atoms with E-state index in [1.807, 2.05) is 38.1 Å². The van der Waals surface area contributed by atoms with Crippen molar-refractivity contribution in [3.63, 3.8) is 0 Å². The number of nitrogens with one attached hydrogen (secondary N) is 2. The number of nitrogens with zero attached hydrogens (tertiary/aromatic N) is 3. The summed E-state index contributed by atoms with van der Waals surface area (Å²) in [6.45, 7) is 4.65. The van der Waals surface area contributed by atoms with E-state index < -0.39 is 0 Å². The number of fused-ring (bicyclic) bond motifs is 1. The first-order valence-electron chi connectivity index (χ1n) is 7.76. The first kappa shape index (κ1) is 15.0. The lowest BCUT2D eigenvalue weighted by Gasteiger charge is -2.10. The van der Waals surface area contributed by atoms with Crippen LogP contribution >= 0.6 is 11.8 Å². The molecule has 0 radical (unpaired) electrons. The topological polar surface area (TPSA) is 75.6 Å². The number of benzene rings is 1. The van der Waals surface area contributed by atoms with Crippen molar-refractivity contribution < 1.29 is 4.79 Å². The standard InChI is InChI=1S/C17H17N5OS/c1-10-15(11(2)21-20-10)16(23)18-13-6-4-3-5-12(13)14-9-22-7-8-24-17(22)19-14/h3-6,9H,7-8H2,1-2H3,(H,18,23)(H,20,21). The van der Waals surface area contributed by atoms with Crippen LogP contribution in [-0.4, -0.2) is 31.4 Å². The third kappa shape index (κ3) is 2.50. The lowest BCUT2D eigenvalue weighted by Crippen LogP contribution is -2.14. The number of anilines is 1. The molecule has 3 heterocycles. The van der Waals surface area contributed by atoms with Crippen molar-refractivity contribution in [1.29, 1.82) is 0 Å². The van der Waals surface area contributed by atoms with E-state index in [1.165, 1.54) is 0 Å². The van der Waals surface area contributed by atoms with Gasteiger partial charge in [0.25, 0.3) is 5.91 Å². The Morgan fingerprint density at radius 1 is 1.33 bits per heavy atom. The molecule has 3 aromatic rings. The second-order valence-corrected chi connectivity index (χ2v) is 6.82. The number of rotatable bonds is 3. The number of hydrogen-bond donors (Lipinski definition) is 2. The normalized spacial score (nSPS) is 13.1. The van der Waals surface area contributed by atoms with Crippen LogP contribution in [0.5, 0.6) is 0 Å². The molecular formula is C17H17N5OS. The van der Waals surface area contributed by atoms with Crippen molar-refractivity contribution in [2.24, 2.45) is 0 Å². The SMILES string of the molecule is Cc1n[nH]c(C)c1C(=O)Nc1ccccc1-c1cn2c(n1)SCC2. The van der Waals surface area contributed by atoms with E-state index in [1.54, 1.807) is 11.8 Å². The third-order valence-electron chi connectivity index (χ3n) is 4.11. The predicted molar refractivity (Wildman–Crippen MR) is 94.4 cm³/mol. The summed E-state index contributed by atoms with van der Waals surface area (Å²) in [5, 5.41) is 11.0. The Kier molecular flexibility index (Phi) is 3.65. The van der Waals surface area contributed by atoms with Gasteiger partial charge < -0.3 is 9.88 Å². The minimum absolute atomic E-state index is 0.160. The summed E-state index contributed by atoms with van der Waals surface area (Å²) in [6, 6.07) is 7.74. The molecule has 6 nitrogen and oxygen atoms in total. The summed E-state index contributed by atoms with van der Waals surface area (Å²) >= 11 is 1.76. The maximum atomic E-state index is 12.6. The highest BCUT2D eigenvalue weighted by Crippen LogP contribution is 2.32. The van der Waals surface area contributed by atoms with Crippen molar-refractivity contribution in [1.82, 2.24) is 19.7 Å². The average Bonchev–Trinajstić information content (AvgIpc) is 3.23. The molecule has 0 unspecified atom stereocenters. The predicted octanol–water partition coefficient (Wildman–Crippen LogP) is 3.25. The molecule has 1 aromatic carbocycles. The molecule has 2 N–H and O–H groups in total. The molecule has 0 saturated carbocycles. The Hall–Kier alpha value is -2.54. The maximum absolute atomic E-state index is 12.6. The quantitative estimate of drug-likeness (QED) is 0.768. The van der Waals surface area contributed by atoms with Crippen LogP contribution in [0, 0.1) is 13.8 Å². The molecule has 1 amide bonds. The molecule has 0 saturated heterocycles. The van der Waals surface area contributed by atoms with Gasteiger partial charge in [0.05, 0.1) is 22.6 Å². The molecule has 0 aliphatic carbocycles. The molecule has 0 fully saturated rings. The number of imidazole rings is 1. The van der Waals surface area contributed by atoms with E-state index in [9.17, 15) is 4.79 Å². The summed E-state index contributed by atoms with van der Waals surface area (Å²) in [7, 11) is 0. The lowest BCUT2D eigenvalue weighted by molar-refractivity contribution is 0.102. The van der Waals surface area contributed by atoms with Crippen LogP contribution in [0.3, 0.4) is 0 Å². The monoisotopic (exact) mass is 339 g/mol. The van der Waals surface area contributed by atoms with Gasteiger partial charge in [-0.15, -0.1) is 0 Å². The number of carbonyl (C=O) groups is 1. The summed E-state index contributed by atoms with van der Waals surface area (Å²) < 4.78 is 2.16. The number of aromatic nitrogens is 4. The van der Waals surface area contributed by atoms with Crippen molar-refractivity contribution >= 4 is 23.4 Å². The van der Waals surface area contributed by atoms with E-state index in [-0.39, 0.29) is 5.91 Å². The highest BCUT2D eigenvalue weighted by atomic mass is 32.2. The number of amides is 1. The summed E-state index contributed by atoms with van der Waals surface area (Å²) in [4.78, 5) is 17.3. The second kappa shape index (κ2) is 5.83. The molecule has 122 valence electrons. The van der Waals surface area contributed by atoms with Crippen LogP contribution in [0.2, 0.25) is 0 Å². The smallest absolute Gasteiger partial charge is 0.259 e. The van der Waals surface area contributed by atoms with Crippen molar-refractivity contribution in [3.05, 3.63) is 47.4 Å². The molecular weight excluding hydrogens is 322 g/mol. The highest BCUT2D eigenvalue weighted by Gasteiger charge is 2.19. The lowest BCUT2D eigenvalue weighted by atomic mass is 10.1. The van der Waals surface area contributed by atoms with Crippen LogP contribution in [0.1, 0.15) is 21.7 Å². The van der Waals surface area contributed by atoms with Gasteiger partial charge in [-0.25, -0.2) is 4.98 Å². The number of aryl methyl sites for hydroxylation is 3. The van der Waals surface area contributed by atoms with Gasteiger partial charge in [0.2, 0.25) is 0 Å². The zero-order valence-corrected chi connectivity index (χ0v) is 14.3. The molecule has 0 atom stereocenters. The van der Waals surface area contributed by atoms with E-state index in [0.29, 0.717) is 11.3 Å². The van der Waals surface area contributed by atoms with Crippen LogP contribution < -0.4 is 5.32 Å².